The van der Waals surface area contributed by atoms with Gasteiger partial charge in [-0.15, -0.1) is 5.92 Å². The van der Waals surface area contributed by atoms with Gasteiger partial charge in [0.1, 0.15) is 37.4 Å². The molecular formula is C51H81NO16. The first-order valence-electron chi connectivity index (χ1n) is 24.4. The van der Waals surface area contributed by atoms with E-state index in [9.17, 15) is 34.2 Å². The van der Waals surface area contributed by atoms with Crippen LogP contribution in [0.3, 0.4) is 0 Å². The van der Waals surface area contributed by atoms with Gasteiger partial charge in [0.2, 0.25) is 5.91 Å². The van der Waals surface area contributed by atoms with Gasteiger partial charge in [0.25, 0.3) is 0 Å². The molecule has 3 N–H and O–H groups in total. The fourth-order valence-electron chi connectivity index (χ4n) is 6.56. The number of allylic oxidation sites excluding steroid dienone is 1. The minimum absolute atomic E-state index is 0.0277. The zero-order valence-corrected chi connectivity index (χ0v) is 41.2. The van der Waals surface area contributed by atoms with Gasteiger partial charge in [-0.2, -0.15) is 0 Å². The van der Waals surface area contributed by atoms with Crippen molar-refractivity contribution in [2.24, 2.45) is 5.92 Å². The Balaban J connectivity index is 3.16. The van der Waals surface area contributed by atoms with E-state index in [1.807, 2.05) is 13.8 Å². The monoisotopic (exact) mass is 964 g/mol. The summed E-state index contributed by atoms with van der Waals surface area (Å²) in [5.41, 5.74) is -2.39. The standard InChI is InChI=1S/C51H81NO16/c1-5-9-11-14-17-20-43(53)21-18-15-12-13-16-19-22-45(51(59,50(57)58)41-47(54)67-38-36-64-34-32-62-30-28-60-7-3)48(55)52-46(40-42-23-25-44(26-24-42)66-27-10-6-2)49(56)68-39-37-65-35-33-63-31-29-61-8-4/h19,22-26,45-46,59H,5,7-9,11-18,20-21,27-41H2,1-4H3,(H,52,55)(H,57,58)/b22-19+/t45-,46+,51+/m1/s1. The van der Waals surface area contributed by atoms with Crippen molar-refractivity contribution in [1.82, 2.24) is 5.32 Å². The summed E-state index contributed by atoms with van der Waals surface area (Å²) in [5, 5.41) is 24.8. The number of hydrogen-bond donors (Lipinski definition) is 3. The van der Waals surface area contributed by atoms with Crippen LogP contribution in [0.2, 0.25) is 0 Å². The quantitative estimate of drug-likeness (QED) is 0.0296. The number of unbranched alkanes of at least 4 members (excludes halogenated alkanes) is 8. The number of carbonyl (C=O) groups excluding carboxylic acids is 4. The highest BCUT2D eigenvalue weighted by molar-refractivity contribution is 5.95. The Hall–Kier alpha value is -4.41. The highest BCUT2D eigenvalue weighted by Crippen LogP contribution is 2.27. The second kappa shape index (κ2) is 41.6. The average molecular weight is 964 g/mol. The van der Waals surface area contributed by atoms with Crippen LogP contribution in [0, 0.1) is 17.8 Å². The molecule has 17 heteroatoms. The number of carboxylic acids is 1. The number of rotatable bonds is 45. The van der Waals surface area contributed by atoms with E-state index in [2.05, 4.69) is 24.1 Å². The van der Waals surface area contributed by atoms with E-state index in [0.717, 1.165) is 44.9 Å². The lowest BCUT2D eigenvalue weighted by molar-refractivity contribution is -0.174. The number of carboxylic acid groups (broad SMARTS) is 1. The molecule has 0 fully saturated rings. The van der Waals surface area contributed by atoms with Crippen LogP contribution in [0.1, 0.15) is 117 Å². The molecule has 0 spiro atoms. The van der Waals surface area contributed by atoms with Crippen molar-refractivity contribution in [3.63, 3.8) is 0 Å². The summed E-state index contributed by atoms with van der Waals surface area (Å²) < 4.78 is 48.5. The van der Waals surface area contributed by atoms with Crippen LogP contribution in [0.15, 0.2) is 36.4 Å². The summed E-state index contributed by atoms with van der Waals surface area (Å²) >= 11 is 0. The summed E-state index contributed by atoms with van der Waals surface area (Å²) in [4.78, 5) is 66.2. The molecule has 0 saturated heterocycles. The van der Waals surface area contributed by atoms with Crippen LogP contribution in [-0.4, -0.2) is 151 Å². The van der Waals surface area contributed by atoms with Gasteiger partial charge in [-0.3, -0.25) is 14.4 Å². The number of ketones is 1. The van der Waals surface area contributed by atoms with Crippen molar-refractivity contribution < 1.29 is 76.8 Å². The first-order chi connectivity index (χ1) is 33.0. The molecule has 0 bridgehead atoms. The number of carbonyl (C=O) groups is 5. The molecule has 0 unspecified atom stereocenters. The molecule has 1 aromatic carbocycles. The maximum atomic E-state index is 14.3. The Morgan fingerprint density at radius 2 is 1.19 bits per heavy atom. The fourth-order valence-corrected chi connectivity index (χ4v) is 6.56. The van der Waals surface area contributed by atoms with E-state index in [0.29, 0.717) is 83.2 Å². The van der Waals surface area contributed by atoms with Crippen LogP contribution in [0.4, 0.5) is 0 Å². The number of aliphatic hydroxyl groups is 1. The Labute approximate surface area is 404 Å². The highest BCUT2D eigenvalue weighted by Gasteiger charge is 2.49. The molecule has 0 saturated carbocycles. The molecule has 17 nitrogen and oxygen atoms in total. The SMILES string of the molecule is CC#CCOc1ccc(C[C@H](NC(=O)[C@@H](/C=C/CCCCCCC(=O)CCCCCCC)[C@@](O)(CC(=O)OCCOCCOCCOCC)C(=O)O)C(=O)OCCOCCOCCOCC)cc1. The average Bonchev–Trinajstić information content (AvgIpc) is 3.32. The minimum Gasteiger partial charge on any atom is -0.481 e. The summed E-state index contributed by atoms with van der Waals surface area (Å²) in [6.45, 7) is 11.3. The molecule has 1 rings (SSSR count). The van der Waals surface area contributed by atoms with Gasteiger partial charge in [0.05, 0.1) is 78.4 Å². The molecule has 3 atom stereocenters. The zero-order valence-electron chi connectivity index (χ0n) is 41.2. The van der Waals surface area contributed by atoms with Gasteiger partial charge in [0.15, 0.2) is 5.60 Å². The van der Waals surface area contributed by atoms with Gasteiger partial charge in [-0.25, -0.2) is 9.59 Å². The second-order valence-corrected chi connectivity index (χ2v) is 15.8. The largest absolute Gasteiger partial charge is 0.481 e. The molecule has 0 heterocycles. The lowest BCUT2D eigenvalue weighted by atomic mass is 9.82. The predicted molar refractivity (Wildman–Crippen MR) is 255 cm³/mol. The minimum atomic E-state index is -2.99. The number of esters is 2. The molecule has 0 aliphatic heterocycles. The Morgan fingerprint density at radius 1 is 0.676 bits per heavy atom. The normalized spacial score (nSPS) is 13.0. The number of Topliss-reactive ketones (excluding diaryl/α,β-unsaturated/α-hetero) is 1. The first-order valence-corrected chi connectivity index (χ1v) is 24.4. The molecule has 1 amide bonds. The van der Waals surface area contributed by atoms with Crippen molar-refractivity contribution >= 4 is 29.6 Å². The molecular weight excluding hydrogens is 883 g/mol. The summed E-state index contributed by atoms with van der Waals surface area (Å²) in [6.07, 6.45) is 11.6. The lowest BCUT2D eigenvalue weighted by Gasteiger charge is -2.30. The number of benzene rings is 1. The molecule has 0 aliphatic carbocycles. The number of hydrogen-bond acceptors (Lipinski definition) is 15. The number of nitrogens with one attached hydrogen (secondary N) is 1. The van der Waals surface area contributed by atoms with Crippen LogP contribution in [-0.2, 0) is 68.3 Å². The summed E-state index contributed by atoms with van der Waals surface area (Å²) in [5.74, 6) is -0.324. The number of amides is 1. The molecule has 1 aromatic rings. The van der Waals surface area contributed by atoms with E-state index in [4.69, 9.17) is 42.6 Å². The molecule has 0 radical (unpaired) electrons. The smallest absolute Gasteiger partial charge is 0.337 e. The summed E-state index contributed by atoms with van der Waals surface area (Å²) in [7, 11) is 0. The molecule has 68 heavy (non-hydrogen) atoms. The lowest BCUT2D eigenvalue weighted by Crippen LogP contribution is -2.55. The van der Waals surface area contributed by atoms with E-state index in [1.165, 1.54) is 12.5 Å². The second-order valence-electron chi connectivity index (χ2n) is 15.8. The van der Waals surface area contributed by atoms with E-state index >= 15 is 0 Å². The fraction of sp³-hybridized carbons (Fsp3) is 0.706. The number of ether oxygens (including phenoxy) is 9. The topological polar surface area (TPSA) is 221 Å². The van der Waals surface area contributed by atoms with Gasteiger partial charge >= 0.3 is 17.9 Å². The third-order valence-electron chi connectivity index (χ3n) is 10.4. The maximum absolute atomic E-state index is 14.3. The Bertz CT molecular complexity index is 1590. The van der Waals surface area contributed by atoms with Crippen molar-refractivity contribution in [1.29, 1.82) is 0 Å². The third kappa shape index (κ3) is 30.9. The van der Waals surface area contributed by atoms with Crippen LogP contribution < -0.4 is 10.1 Å². The number of aliphatic carboxylic acids is 1. The van der Waals surface area contributed by atoms with E-state index in [-0.39, 0.29) is 65.1 Å². The van der Waals surface area contributed by atoms with Crippen molar-refractivity contribution in [3.8, 4) is 17.6 Å². The Kier molecular flexibility index (Phi) is 37.6. The van der Waals surface area contributed by atoms with Crippen LogP contribution >= 0.6 is 0 Å². The van der Waals surface area contributed by atoms with Gasteiger partial charge in [0, 0.05) is 32.5 Å². The third-order valence-corrected chi connectivity index (χ3v) is 10.4. The highest BCUT2D eigenvalue weighted by atomic mass is 16.6. The molecule has 386 valence electrons. The summed E-state index contributed by atoms with van der Waals surface area (Å²) in [6, 6.07) is 5.39. The van der Waals surface area contributed by atoms with Crippen molar-refractivity contribution in [2.75, 3.05) is 99.1 Å². The van der Waals surface area contributed by atoms with Crippen LogP contribution in [0.25, 0.3) is 0 Å². The van der Waals surface area contributed by atoms with Gasteiger partial charge < -0.3 is 58.2 Å². The zero-order chi connectivity index (χ0) is 49.9. The van der Waals surface area contributed by atoms with Crippen LogP contribution in [0.5, 0.6) is 5.75 Å². The van der Waals surface area contributed by atoms with Crippen molar-refractivity contribution in [2.45, 2.75) is 129 Å². The molecule has 0 aliphatic rings. The molecule has 0 aromatic heterocycles. The maximum Gasteiger partial charge on any atom is 0.337 e. The van der Waals surface area contributed by atoms with Gasteiger partial charge in [-0.1, -0.05) is 75.7 Å². The van der Waals surface area contributed by atoms with E-state index in [1.54, 1.807) is 37.3 Å². The predicted octanol–water partition coefficient (Wildman–Crippen LogP) is 5.99. The van der Waals surface area contributed by atoms with Gasteiger partial charge in [-0.05, 0) is 64.2 Å². The van der Waals surface area contributed by atoms with Crippen molar-refractivity contribution in [3.05, 3.63) is 42.0 Å². The van der Waals surface area contributed by atoms with E-state index < -0.39 is 47.8 Å². The first kappa shape index (κ1) is 61.6. The Morgan fingerprint density at radius 3 is 1.72 bits per heavy atom.